The van der Waals surface area contributed by atoms with Gasteiger partial charge in [0.2, 0.25) is 21.8 Å². The molecule has 0 saturated carbocycles. The van der Waals surface area contributed by atoms with Crippen molar-refractivity contribution in [2.24, 2.45) is 0 Å². The van der Waals surface area contributed by atoms with Gasteiger partial charge in [-0.1, -0.05) is 61.5 Å². The molecule has 0 aromatic heterocycles. The number of benzene rings is 3. The highest BCUT2D eigenvalue weighted by atomic mass is 32.2. The van der Waals surface area contributed by atoms with Gasteiger partial charge in [0, 0.05) is 39.1 Å². The van der Waals surface area contributed by atoms with Crippen molar-refractivity contribution in [2.45, 2.75) is 70.0 Å². The van der Waals surface area contributed by atoms with Crippen LogP contribution in [0.15, 0.2) is 83.8 Å². The van der Waals surface area contributed by atoms with Crippen LogP contribution in [-0.4, -0.2) is 57.0 Å². The second-order valence-electron chi connectivity index (χ2n) is 10.6. The van der Waals surface area contributed by atoms with Crippen molar-refractivity contribution in [3.63, 3.8) is 0 Å². The van der Waals surface area contributed by atoms with Gasteiger partial charge in [0.05, 0.1) is 11.0 Å². The first-order valence-corrected chi connectivity index (χ1v) is 16.1. The van der Waals surface area contributed by atoms with E-state index in [1.165, 1.54) is 24.3 Å². The molecule has 0 aliphatic rings. The van der Waals surface area contributed by atoms with Crippen LogP contribution in [0.4, 0.5) is 4.39 Å². The van der Waals surface area contributed by atoms with Gasteiger partial charge in [-0.2, -0.15) is 0 Å². The molecule has 43 heavy (non-hydrogen) atoms. The molecule has 232 valence electrons. The zero-order valence-corrected chi connectivity index (χ0v) is 25.9. The molecule has 0 radical (unpaired) electrons. The number of hydrogen-bond acceptors (Lipinski definition) is 5. The summed E-state index contributed by atoms with van der Waals surface area (Å²) in [6.45, 7) is 6.93. The van der Waals surface area contributed by atoms with Gasteiger partial charge >= 0.3 is 0 Å². The molecule has 0 heterocycles. The molecule has 0 spiro atoms. The lowest BCUT2D eigenvalue weighted by Crippen LogP contribution is -2.50. The number of hydrogen-bond donors (Lipinski definition) is 2. The maximum absolute atomic E-state index is 13.8. The Morgan fingerprint density at radius 1 is 0.907 bits per heavy atom. The highest BCUT2D eigenvalue weighted by molar-refractivity contribution is 7.89. The minimum absolute atomic E-state index is 0.0963. The Hall–Kier alpha value is -3.60. The molecule has 3 aromatic carbocycles. The zero-order valence-electron chi connectivity index (χ0n) is 25.1. The maximum atomic E-state index is 13.8. The SMILES string of the molecule is CCNS(=O)(=O)c1ccc(CCC(=O)N(Cc2ccc(F)cc2)C(Cc2ccccc2)C(=O)NCCCOC(C)C)cc1. The third-order valence-electron chi connectivity index (χ3n) is 6.80. The molecule has 2 N–H and O–H groups in total. The number of amides is 2. The van der Waals surface area contributed by atoms with Gasteiger partial charge < -0.3 is 15.0 Å². The smallest absolute Gasteiger partial charge is 0.243 e. The number of nitrogens with zero attached hydrogens (tertiary/aromatic N) is 1. The maximum Gasteiger partial charge on any atom is 0.243 e. The van der Waals surface area contributed by atoms with Crippen LogP contribution in [0.3, 0.4) is 0 Å². The molecule has 3 rings (SSSR count). The van der Waals surface area contributed by atoms with E-state index in [0.29, 0.717) is 38.0 Å². The number of halogens is 1. The normalized spacial score (nSPS) is 12.2. The van der Waals surface area contributed by atoms with E-state index in [-0.39, 0.29) is 48.1 Å². The first kappa shape index (κ1) is 33.9. The van der Waals surface area contributed by atoms with Crippen molar-refractivity contribution in [1.29, 1.82) is 0 Å². The molecule has 0 aliphatic heterocycles. The first-order valence-electron chi connectivity index (χ1n) is 14.6. The minimum Gasteiger partial charge on any atom is -0.379 e. The van der Waals surface area contributed by atoms with Crippen molar-refractivity contribution >= 4 is 21.8 Å². The molecule has 2 amide bonds. The third-order valence-corrected chi connectivity index (χ3v) is 8.37. The summed E-state index contributed by atoms with van der Waals surface area (Å²) in [7, 11) is -3.58. The number of nitrogens with one attached hydrogen (secondary N) is 2. The zero-order chi connectivity index (χ0) is 31.2. The van der Waals surface area contributed by atoms with Gasteiger partial charge in [-0.05, 0) is 67.6 Å². The second-order valence-corrected chi connectivity index (χ2v) is 12.3. The molecule has 10 heteroatoms. The molecule has 0 fully saturated rings. The Balaban J connectivity index is 1.82. The molecule has 0 bridgehead atoms. The van der Waals surface area contributed by atoms with E-state index < -0.39 is 16.1 Å². The lowest BCUT2D eigenvalue weighted by Gasteiger charge is -2.32. The molecule has 3 aromatic rings. The molecule has 1 atom stereocenters. The average molecular weight is 612 g/mol. The number of rotatable bonds is 17. The lowest BCUT2D eigenvalue weighted by atomic mass is 10.0. The number of carbonyl (C=O) groups is 2. The first-order chi connectivity index (χ1) is 20.6. The van der Waals surface area contributed by atoms with E-state index in [9.17, 15) is 22.4 Å². The van der Waals surface area contributed by atoms with Crippen LogP contribution in [-0.2, 0) is 43.7 Å². The molecular formula is C33H42FN3O5S. The van der Waals surface area contributed by atoms with Crippen LogP contribution in [0.2, 0.25) is 0 Å². The quantitative estimate of drug-likeness (QED) is 0.217. The lowest BCUT2D eigenvalue weighted by molar-refractivity contribution is -0.141. The molecular weight excluding hydrogens is 569 g/mol. The van der Waals surface area contributed by atoms with Crippen molar-refractivity contribution < 1.29 is 27.1 Å². The van der Waals surface area contributed by atoms with Crippen LogP contribution in [0.5, 0.6) is 0 Å². The highest BCUT2D eigenvalue weighted by Crippen LogP contribution is 2.18. The number of aryl methyl sites for hydroxylation is 1. The fraction of sp³-hybridized carbons (Fsp3) is 0.394. The standard InChI is InChI=1S/C33H42FN3O5S/c1-4-36-43(40,41)30-18-13-26(14-19-30)15-20-32(38)37(24-28-11-16-29(34)17-12-28)31(23-27-9-6-5-7-10-27)33(39)35-21-8-22-42-25(2)3/h5-7,9-14,16-19,25,31,36H,4,8,15,20-24H2,1-3H3,(H,35,39). The molecule has 0 aliphatic carbocycles. The topological polar surface area (TPSA) is 105 Å². The number of sulfonamides is 1. The van der Waals surface area contributed by atoms with Crippen LogP contribution in [0.1, 0.15) is 50.3 Å². The number of carbonyl (C=O) groups excluding carboxylic acids is 2. The van der Waals surface area contributed by atoms with Crippen molar-refractivity contribution in [2.75, 3.05) is 19.7 Å². The Morgan fingerprint density at radius 3 is 2.19 bits per heavy atom. The van der Waals surface area contributed by atoms with E-state index in [2.05, 4.69) is 10.0 Å². The molecule has 0 saturated heterocycles. The van der Waals surface area contributed by atoms with Gasteiger partial charge in [0.1, 0.15) is 11.9 Å². The average Bonchev–Trinajstić information content (AvgIpc) is 2.99. The summed E-state index contributed by atoms with van der Waals surface area (Å²) in [6, 6.07) is 21.0. The van der Waals surface area contributed by atoms with E-state index >= 15 is 0 Å². The fourth-order valence-corrected chi connectivity index (χ4v) is 5.61. The van der Waals surface area contributed by atoms with Crippen LogP contribution in [0.25, 0.3) is 0 Å². The van der Waals surface area contributed by atoms with E-state index in [1.54, 1.807) is 36.1 Å². The van der Waals surface area contributed by atoms with Crippen molar-refractivity contribution in [3.8, 4) is 0 Å². The van der Waals surface area contributed by atoms with Gasteiger partial charge in [0.15, 0.2) is 0 Å². The predicted octanol–water partition coefficient (Wildman–Crippen LogP) is 4.63. The van der Waals surface area contributed by atoms with Gasteiger partial charge in [-0.15, -0.1) is 0 Å². The van der Waals surface area contributed by atoms with Crippen molar-refractivity contribution in [1.82, 2.24) is 14.9 Å². The summed E-state index contributed by atoms with van der Waals surface area (Å²) >= 11 is 0. The largest absolute Gasteiger partial charge is 0.379 e. The van der Waals surface area contributed by atoms with Crippen LogP contribution in [0, 0.1) is 5.82 Å². The van der Waals surface area contributed by atoms with E-state index in [0.717, 1.165) is 11.1 Å². The number of ether oxygens (including phenoxy) is 1. The second kappa shape index (κ2) is 16.9. The van der Waals surface area contributed by atoms with E-state index in [1.807, 2.05) is 44.2 Å². The third kappa shape index (κ3) is 11.2. The fourth-order valence-electron chi connectivity index (χ4n) is 4.56. The molecule has 8 nitrogen and oxygen atoms in total. The summed E-state index contributed by atoms with van der Waals surface area (Å²) in [6.07, 6.45) is 1.49. The Labute approximate surface area is 254 Å². The van der Waals surface area contributed by atoms with Crippen molar-refractivity contribution in [3.05, 3.63) is 101 Å². The van der Waals surface area contributed by atoms with Gasteiger partial charge in [0.25, 0.3) is 0 Å². The van der Waals surface area contributed by atoms with Crippen LogP contribution >= 0.6 is 0 Å². The van der Waals surface area contributed by atoms with E-state index in [4.69, 9.17) is 4.74 Å². The van der Waals surface area contributed by atoms with Gasteiger partial charge in [-0.25, -0.2) is 17.5 Å². The van der Waals surface area contributed by atoms with Crippen LogP contribution < -0.4 is 10.0 Å². The summed E-state index contributed by atoms with van der Waals surface area (Å²) in [5.41, 5.74) is 2.39. The molecule has 1 unspecified atom stereocenters. The predicted molar refractivity (Wildman–Crippen MR) is 165 cm³/mol. The Bertz CT molecular complexity index is 1400. The Kier molecular flexibility index (Phi) is 13.3. The summed E-state index contributed by atoms with van der Waals surface area (Å²) in [5, 5.41) is 2.98. The summed E-state index contributed by atoms with van der Waals surface area (Å²) < 4.78 is 46.3. The Morgan fingerprint density at radius 2 is 1.56 bits per heavy atom. The highest BCUT2D eigenvalue weighted by Gasteiger charge is 2.30. The monoisotopic (exact) mass is 611 g/mol. The summed E-state index contributed by atoms with van der Waals surface area (Å²) in [4.78, 5) is 29.2. The van der Waals surface area contributed by atoms with Gasteiger partial charge in [-0.3, -0.25) is 9.59 Å². The summed E-state index contributed by atoms with van der Waals surface area (Å²) in [5.74, 6) is -0.904. The minimum atomic E-state index is -3.58.